The lowest BCUT2D eigenvalue weighted by Crippen LogP contribution is -2.45. The van der Waals surface area contributed by atoms with E-state index in [9.17, 15) is 24.4 Å². The van der Waals surface area contributed by atoms with Crippen LogP contribution in [0.1, 0.15) is 20.1 Å². The van der Waals surface area contributed by atoms with Crippen molar-refractivity contribution in [2.45, 2.75) is 43.9 Å². The number of nitrogens with zero attached hydrogens (tertiary/aromatic N) is 1. The molecule has 0 saturated carbocycles. The number of H-pyrrole nitrogens is 1. The Labute approximate surface area is 222 Å². The zero-order valence-corrected chi connectivity index (χ0v) is 22.5. The molecule has 1 aromatic heterocycles. The van der Waals surface area contributed by atoms with Crippen molar-refractivity contribution in [3.05, 3.63) is 69.9 Å². The summed E-state index contributed by atoms with van der Waals surface area (Å²) in [6.45, 7) is 2.25. The molecule has 3 aromatic rings. The zero-order chi connectivity index (χ0) is 27.7. The van der Waals surface area contributed by atoms with Gasteiger partial charge in [-0.25, -0.2) is 4.57 Å². The van der Waals surface area contributed by atoms with Gasteiger partial charge >= 0.3 is 13.7 Å². The molecule has 38 heavy (non-hydrogen) atoms. The van der Waals surface area contributed by atoms with Crippen LogP contribution in [0.5, 0.6) is 5.75 Å². The minimum Gasteiger partial charge on any atom is -0.468 e. The van der Waals surface area contributed by atoms with E-state index in [0.29, 0.717) is 5.39 Å². The zero-order valence-electron chi connectivity index (χ0n) is 20.8. The van der Waals surface area contributed by atoms with Gasteiger partial charge < -0.3 is 24.2 Å². The van der Waals surface area contributed by atoms with Crippen molar-refractivity contribution < 1.29 is 38.1 Å². The number of aromatic nitrogens is 2. The third kappa shape index (κ3) is 5.74. The van der Waals surface area contributed by atoms with E-state index >= 15 is 0 Å². The summed E-state index contributed by atoms with van der Waals surface area (Å²) in [4.78, 5) is 26.0. The third-order valence-electron chi connectivity index (χ3n) is 6.14. The van der Waals surface area contributed by atoms with E-state index in [-0.39, 0.29) is 10.5 Å². The van der Waals surface area contributed by atoms with E-state index in [2.05, 4.69) is 10.1 Å². The molecule has 0 amide bonds. The number of aromatic amines is 1. The van der Waals surface area contributed by atoms with Crippen LogP contribution in [-0.2, 0) is 23.4 Å². The summed E-state index contributed by atoms with van der Waals surface area (Å²) in [6, 6.07) is 12.5. The van der Waals surface area contributed by atoms with Crippen LogP contribution in [-0.4, -0.2) is 63.3 Å². The average molecular weight is 566 g/mol. The van der Waals surface area contributed by atoms with Crippen molar-refractivity contribution in [2.75, 3.05) is 13.7 Å². The molecule has 0 spiro atoms. The van der Waals surface area contributed by atoms with E-state index in [1.165, 1.54) is 37.8 Å². The fourth-order valence-electron chi connectivity index (χ4n) is 4.12. The van der Waals surface area contributed by atoms with Gasteiger partial charge in [0.2, 0.25) is 0 Å². The smallest absolute Gasteiger partial charge is 0.459 e. The Bertz CT molecular complexity index is 1490. The van der Waals surface area contributed by atoms with Crippen LogP contribution in [0, 0.1) is 4.77 Å². The number of fused-ring (bicyclic) bond motifs is 1. The molecule has 1 fully saturated rings. The minimum absolute atomic E-state index is 0.0323. The molecular formula is C24H28N3O9PS. The fourth-order valence-corrected chi connectivity index (χ4v) is 5.90. The molecule has 2 heterocycles. The van der Waals surface area contributed by atoms with Crippen molar-refractivity contribution in [1.82, 2.24) is 14.6 Å². The first-order valence-corrected chi connectivity index (χ1v) is 13.6. The standard InChI is InChI=1S/C24H28N3O9PS/c1-14(21(30)33-3)26-37(32,36-17-10-6-8-15-7-4-5-9-16(15)17)34-13-18-20(29)24(2,31)22(35-18)27-12-11-19(28)25-23(27)38/h4-12,14,18,20,22,29,31H,13H2,1-3H3,(H,26,32)(H,25,28,38)/t14-,18+,20?,22+,24+,37+/m0/s1. The van der Waals surface area contributed by atoms with E-state index < -0.39 is 56.0 Å². The Kier molecular flexibility index (Phi) is 8.19. The molecule has 1 aliphatic heterocycles. The summed E-state index contributed by atoms with van der Waals surface area (Å²) in [7, 11) is -3.11. The molecule has 12 nitrogen and oxygen atoms in total. The SMILES string of the molecule is COC(=O)[C@H](C)N[P@@](=O)(OC[C@H]1O[C@@H](n2ccc(=O)[nH]c2=S)[C@](C)(O)C1O)Oc1cccc2ccccc12. The van der Waals surface area contributed by atoms with Gasteiger partial charge in [0.25, 0.3) is 5.56 Å². The van der Waals surface area contributed by atoms with Crippen molar-refractivity contribution in [3.63, 3.8) is 0 Å². The fraction of sp³-hybridized carbons (Fsp3) is 0.375. The quantitative estimate of drug-likeness (QED) is 0.171. The Morgan fingerprint density at radius 3 is 2.71 bits per heavy atom. The molecule has 4 N–H and O–H groups in total. The Morgan fingerprint density at radius 2 is 2.00 bits per heavy atom. The number of ether oxygens (including phenoxy) is 2. The van der Waals surface area contributed by atoms with Gasteiger partial charge in [-0.15, -0.1) is 0 Å². The lowest BCUT2D eigenvalue weighted by molar-refractivity contribution is -0.142. The number of methoxy groups -OCH3 is 1. The monoisotopic (exact) mass is 565 g/mol. The van der Waals surface area contributed by atoms with Gasteiger partial charge in [-0.3, -0.25) is 23.7 Å². The molecule has 14 heteroatoms. The van der Waals surface area contributed by atoms with E-state index in [1.54, 1.807) is 24.3 Å². The lowest BCUT2D eigenvalue weighted by atomic mass is 9.96. The maximum Gasteiger partial charge on any atom is 0.459 e. The maximum absolute atomic E-state index is 13.9. The molecule has 0 radical (unpaired) electrons. The Morgan fingerprint density at radius 1 is 1.29 bits per heavy atom. The number of hydrogen-bond acceptors (Lipinski definition) is 10. The molecule has 1 aliphatic rings. The summed E-state index contributed by atoms with van der Waals surface area (Å²) in [6.07, 6.45) is -2.57. The number of rotatable bonds is 9. The summed E-state index contributed by atoms with van der Waals surface area (Å²) >= 11 is 5.16. The van der Waals surface area contributed by atoms with Gasteiger partial charge in [0.1, 0.15) is 29.6 Å². The van der Waals surface area contributed by atoms with Crippen LogP contribution in [0.3, 0.4) is 0 Å². The van der Waals surface area contributed by atoms with Crippen molar-refractivity contribution in [2.24, 2.45) is 0 Å². The third-order valence-corrected chi connectivity index (χ3v) is 8.08. The molecule has 4 rings (SSSR count). The summed E-state index contributed by atoms with van der Waals surface area (Å²) in [5, 5.41) is 25.9. The van der Waals surface area contributed by atoms with E-state index in [1.807, 2.05) is 18.2 Å². The van der Waals surface area contributed by atoms with Crippen LogP contribution >= 0.6 is 20.0 Å². The number of aliphatic hydroxyl groups is 2. The highest BCUT2D eigenvalue weighted by atomic mass is 32.1. The largest absolute Gasteiger partial charge is 0.468 e. The molecule has 0 aliphatic carbocycles. The predicted molar refractivity (Wildman–Crippen MR) is 139 cm³/mol. The van der Waals surface area contributed by atoms with Crippen molar-refractivity contribution in [3.8, 4) is 5.75 Å². The second-order valence-electron chi connectivity index (χ2n) is 8.95. The van der Waals surface area contributed by atoms with Crippen LogP contribution in [0.2, 0.25) is 0 Å². The van der Waals surface area contributed by atoms with Gasteiger partial charge in [-0.05, 0) is 37.5 Å². The molecule has 0 bridgehead atoms. The molecular weight excluding hydrogens is 537 g/mol. The minimum atomic E-state index is -4.30. The van der Waals surface area contributed by atoms with Gasteiger partial charge in [0.15, 0.2) is 11.0 Å². The van der Waals surface area contributed by atoms with Gasteiger partial charge in [-0.2, -0.15) is 5.09 Å². The number of esters is 1. The highest BCUT2D eigenvalue weighted by Gasteiger charge is 2.53. The molecule has 1 saturated heterocycles. The van der Waals surface area contributed by atoms with Crippen molar-refractivity contribution in [1.29, 1.82) is 0 Å². The summed E-state index contributed by atoms with van der Waals surface area (Å²) in [5.74, 6) is -0.476. The van der Waals surface area contributed by atoms with Crippen LogP contribution in [0.4, 0.5) is 0 Å². The molecule has 6 atom stereocenters. The number of benzene rings is 2. The summed E-state index contributed by atoms with van der Waals surface area (Å²) < 4.78 is 37.2. The van der Waals surface area contributed by atoms with Gasteiger partial charge in [-0.1, -0.05) is 36.4 Å². The normalized spacial score (nSPS) is 25.6. The Balaban J connectivity index is 1.60. The highest BCUT2D eigenvalue weighted by molar-refractivity contribution is 7.71. The number of carbonyl (C=O) groups is 1. The number of carbonyl (C=O) groups excluding carboxylic acids is 1. The van der Waals surface area contributed by atoms with E-state index in [4.69, 9.17) is 30.7 Å². The van der Waals surface area contributed by atoms with Gasteiger partial charge in [0.05, 0.1) is 13.7 Å². The molecule has 2 aromatic carbocycles. The maximum atomic E-state index is 13.9. The van der Waals surface area contributed by atoms with Gasteiger partial charge in [0, 0.05) is 17.6 Å². The predicted octanol–water partition coefficient (Wildman–Crippen LogP) is 2.42. The summed E-state index contributed by atoms with van der Waals surface area (Å²) in [5.41, 5.74) is -2.31. The van der Waals surface area contributed by atoms with Crippen LogP contribution in [0.25, 0.3) is 10.8 Å². The first-order valence-electron chi connectivity index (χ1n) is 11.6. The first-order chi connectivity index (χ1) is 17.9. The topological polar surface area (TPSA) is 161 Å². The lowest BCUT2D eigenvalue weighted by Gasteiger charge is -2.28. The number of hydrogen-bond donors (Lipinski definition) is 4. The second-order valence-corrected chi connectivity index (χ2v) is 11.0. The average Bonchev–Trinajstić information content (AvgIpc) is 3.10. The van der Waals surface area contributed by atoms with Crippen molar-refractivity contribution >= 4 is 36.7 Å². The molecule has 1 unspecified atom stereocenters. The molecule has 204 valence electrons. The second kappa shape index (κ2) is 11.1. The number of nitrogens with one attached hydrogen (secondary N) is 2. The first kappa shape index (κ1) is 28.1. The van der Waals surface area contributed by atoms with Crippen LogP contribution < -0.4 is 15.2 Å². The van der Waals surface area contributed by atoms with Crippen LogP contribution in [0.15, 0.2) is 59.5 Å². The number of aliphatic hydroxyl groups excluding tert-OH is 1. The van der Waals surface area contributed by atoms with E-state index in [0.717, 1.165) is 5.39 Å². The Hall–Kier alpha value is -2.90. The highest BCUT2D eigenvalue weighted by Crippen LogP contribution is 2.48.